The maximum atomic E-state index is 12.9. The second-order valence-corrected chi connectivity index (χ2v) is 7.58. The molecule has 0 spiro atoms. The van der Waals surface area contributed by atoms with E-state index in [1.54, 1.807) is 0 Å². The average molecular weight is 347 g/mol. The molecule has 0 aromatic heterocycles. The first-order chi connectivity index (χ1) is 10.1. The predicted octanol–water partition coefficient (Wildman–Crippen LogP) is 4.53. The number of allylic oxidation sites excluding steroid dienone is 2. The number of hydrogen-bond acceptors (Lipinski definition) is 2. The van der Waals surface area contributed by atoms with Crippen LogP contribution in [0.2, 0.25) is 0 Å². The van der Waals surface area contributed by atoms with Crippen molar-refractivity contribution in [2.45, 2.75) is 32.6 Å². The minimum atomic E-state index is 0.0578. The van der Waals surface area contributed by atoms with Crippen LogP contribution in [0.4, 0.5) is 0 Å². The minimum Gasteiger partial charge on any atom is -0.511 e. The van der Waals surface area contributed by atoms with Crippen LogP contribution in [0.15, 0.2) is 28.4 Å². The summed E-state index contributed by atoms with van der Waals surface area (Å²) < 4.78 is 0.961. The molecule has 0 aliphatic heterocycles. The third kappa shape index (κ3) is 1.79. The SMILES string of the molecule is CCc1ccc(Br)cc1C1=C(O)[C@H]2[C@H]3CC[C@H](C3)[C@H]2C1=O. The molecule has 0 heterocycles. The first-order valence-corrected chi connectivity index (χ1v) is 8.67. The van der Waals surface area contributed by atoms with Gasteiger partial charge < -0.3 is 5.11 Å². The Kier molecular flexibility index (Phi) is 3.04. The van der Waals surface area contributed by atoms with Crippen LogP contribution in [0, 0.1) is 23.7 Å². The number of rotatable bonds is 2. The molecule has 0 radical (unpaired) electrons. The molecule has 4 rings (SSSR count). The van der Waals surface area contributed by atoms with Gasteiger partial charge >= 0.3 is 0 Å². The molecule has 1 aromatic carbocycles. The van der Waals surface area contributed by atoms with Crippen LogP contribution >= 0.6 is 15.9 Å². The Labute approximate surface area is 133 Å². The molecule has 3 heteroatoms. The highest BCUT2D eigenvalue weighted by Gasteiger charge is 2.57. The normalized spacial score (nSPS) is 33.9. The Bertz CT molecular complexity index is 661. The first kappa shape index (κ1) is 13.6. The number of halogens is 1. The summed E-state index contributed by atoms with van der Waals surface area (Å²) >= 11 is 3.49. The molecular weight excluding hydrogens is 328 g/mol. The van der Waals surface area contributed by atoms with Gasteiger partial charge in [0.25, 0.3) is 0 Å². The van der Waals surface area contributed by atoms with Gasteiger partial charge in [0.15, 0.2) is 5.78 Å². The molecule has 4 atom stereocenters. The molecule has 2 bridgehead atoms. The van der Waals surface area contributed by atoms with Gasteiger partial charge in [0.2, 0.25) is 0 Å². The quantitative estimate of drug-likeness (QED) is 0.854. The van der Waals surface area contributed by atoms with Gasteiger partial charge in [-0.05, 0) is 60.8 Å². The first-order valence-electron chi connectivity index (χ1n) is 7.88. The Balaban J connectivity index is 1.85. The number of Topliss-reactive ketones (excluding diaryl/α,β-unsaturated/α-hetero) is 1. The Morgan fingerprint density at radius 2 is 1.95 bits per heavy atom. The van der Waals surface area contributed by atoms with Crippen molar-refractivity contribution in [1.82, 2.24) is 0 Å². The molecule has 2 fully saturated rings. The highest BCUT2D eigenvalue weighted by molar-refractivity contribution is 9.10. The summed E-state index contributed by atoms with van der Waals surface area (Å²) in [6.45, 7) is 2.09. The molecule has 2 nitrogen and oxygen atoms in total. The van der Waals surface area contributed by atoms with E-state index in [1.807, 2.05) is 12.1 Å². The van der Waals surface area contributed by atoms with Crippen LogP contribution in [0.25, 0.3) is 5.57 Å². The van der Waals surface area contributed by atoms with E-state index in [9.17, 15) is 9.90 Å². The molecule has 21 heavy (non-hydrogen) atoms. The molecular formula is C18H19BrO2. The Hall–Kier alpha value is -1.09. The van der Waals surface area contributed by atoms with Crippen molar-refractivity contribution in [1.29, 1.82) is 0 Å². The van der Waals surface area contributed by atoms with Crippen LogP contribution in [0.3, 0.4) is 0 Å². The number of aryl methyl sites for hydroxylation is 1. The van der Waals surface area contributed by atoms with E-state index in [-0.39, 0.29) is 17.6 Å². The largest absolute Gasteiger partial charge is 0.511 e. The number of carbonyl (C=O) groups excluding carboxylic acids is 1. The third-order valence-electron chi connectivity index (χ3n) is 5.76. The zero-order chi connectivity index (χ0) is 14.7. The molecule has 1 N–H and O–H groups in total. The van der Waals surface area contributed by atoms with Crippen LogP contribution in [-0.4, -0.2) is 10.9 Å². The van der Waals surface area contributed by atoms with E-state index in [1.165, 1.54) is 6.42 Å². The van der Waals surface area contributed by atoms with Crippen molar-refractivity contribution in [2.75, 3.05) is 0 Å². The van der Waals surface area contributed by atoms with Crippen LogP contribution < -0.4 is 0 Å². The van der Waals surface area contributed by atoms with Crippen molar-refractivity contribution in [3.8, 4) is 0 Å². The fourth-order valence-corrected chi connectivity index (χ4v) is 5.24. The number of aliphatic hydroxyl groups is 1. The van der Waals surface area contributed by atoms with E-state index < -0.39 is 0 Å². The van der Waals surface area contributed by atoms with E-state index in [4.69, 9.17) is 0 Å². The molecule has 1 aromatic rings. The fraction of sp³-hybridized carbons (Fsp3) is 0.500. The van der Waals surface area contributed by atoms with Crippen LogP contribution in [0.5, 0.6) is 0 Å². The molecule has 2 saturated carbocycles. The van der Waals surface area contributed by atoms with Crippen LogP contribution in [0.1, 0.15) is 37.3 Å². The Morgan fingerprint density at radius 1 is 1.24 bits per heavy atom. The van der Waals surface area contributed by atoms with Crippen molar-refractivity contribution in [3.63, 3.8) is 0 Å². The van der Waals surface area contributed by atoms with Gasteiger partial charge in [0, 0.05) is 16.3 Å². The van der Waals surface area contributed by atoms with Gasteiger partial charge in [0.1, 0.15) is 5.76 Å². The lowest BCUT2D eigenvalue weighted by Gasteiger charge is -2.23. The molecule has 3 aliphatic rings. The maximum Gasteiger partial charge on any atom is 0.170 e. The lowest BCUT2D eigenvalue weighted by molar-refractivity contribution is -0.118. The van der Waals surface area contributed by atoms with Gasteiger partial charge in [0.05, 0.1) is 5.57 Å². The van der Waals surface area contributed by atoms with Crippen molar-refractivity contribution >= 4 is 27.3 Å². The summed E-state index contributed by atoms with van der Waals surface area (Å²) in [6.07, 6.45) is 4.35. The molecule has 0 unspecified atom stereocenters. The predicted molar refractivity (Wildman–Crippen MR) is 85.9 cm³/mol. The second-order valence-electron chi connectivity index (χ2n) is 6.66. The van der Waals surface area contributed by atoms with E-state index >= 15 is 0 Å². The van der Waals surface area contributed by atoms with E-state index in [0.717, 1.165) is 34.9 Å². The standard InChI is InChI=1S/C18H19BrO2/c1-2-9-5-6-12(19)8-13(9)16-17(20)14-10-3-4-11(7-10)15(14)18(16)21/h5-6,8,10-11,14-15,20H,2-4,7H2,1H3/t10-,11+,14-,15+/m0/s1. The smallest absolute Gasteiger partial charge is 0.170 e. The highest BCUT2D eigenvalue weighted by atomic mass is 79.9. The highest BCUT2D eigenvalue weighted by Crippen LogP contribution is 2.60. The van der Waals surface area contributed by atoms with Crippen LogP contribution in [-0.2, 0) is 11.2 Å². The van der Waals surface area contributed by atoms with Gasteiger partial charge in [-0.15, -0.1) is 0 Å². The van der Waals surface area contributed by atoms with Crippen molar-refractivity contribution < 1.29 is 9.90 Å². The summed E-state index contributed by atoms with van der Waals surface area (Å²) in [5.74, 6) is 1.77. The lowest BCUT2D eigenvalue weighted by Crippen LogP contribution is -2.24. The maximum absolute atomic E-state index is 12.9. The van der Waals surface area contributed by atoms with Gasteiger partial charge in [-0.1, -0.05) is 28.9 Å². The number of fused-ring (bicyclic) bond motifs is 5. The zero-order valence-electron chi connectivity index (χ0n) is 12.1. The van der Waals surface area contributed by atoms with Crippen molar-refractivity contribution in [3.05, 3.63) is 39.6 Å². The van der Waals surface area contributed by atoms with E-state index in [2.05, 4.69) is 28.9 Å². The summed E-state index contributed by atoms with van der Waals surface area (Å²) in [4.78, 5) is 12.9. The molecule has 0 amide bonds. The summed E-state index contributed by atoms with van der Waals surface area (Å²) in [6, 6.07) is 6.05. The average Bonchev–Trinajstić information content (AvgIpc) is 3.13. The zero-order valence-corrected chi connectivity index (χ0v) is 13.7. The monoisotopic (exact) mass is 346 g/mol. The summed E-state index contributed by atoms with van der Waals surface area (Å²) in [5.41, 5.74) is 2.68. The molecule has 3 aliphatic carbocycles. The number of carbonyl (C=O) groups is 1. The van der Waals surface area contributed by atoms with Gasteiger partial charge in [-0.2, -0.15) is 0 Å². The lowest BCUT2D eigenvalue weighted by atomic mass is 9.80. The molecule has 0 saturated heterocycles. The third-order valence-corrected chi connectivity index (χ3v) is 6.25. The topological polar surface area (TPSA) is 37.3 Å². The summed E-state index contributed by atoms with van der Waals surface area (Å²) in [5, 5.41) is 10.8. The van der Waals surface area contributed by atoms with E-state index in [0.29, 0.717) is 23.2 Å². The number of aliphatic hydroxyl groups excluding tert-OH is 1. The summed E-state index contributed by atoms with van der Waals surface area (Å²) in [7, 11) is 0. The minimum absolute atomic E-state index is 0.0578. The van der Waals surface area contributed by atoms with Gasteiger partial charge in [-0.3, -0.25) is 4.79 Å². The Morgan fingerprint density at radius 3 is 2.62 bits per heavy atom. The number of benzene rings is 1. The van der Waals surface area contributed by atoms with Gasteiger partial charge in [-0.25, -0.2) is 0 Å². The second kappa shape index (κ2) is 4.70. The van der Waals surface area contributed by atoms with Crippen molar-refractivity contribution in [2.24, 2.45) is 23.7 Å². The fourth-order valence-electron chi connectivity index (χ4n) is 4.88. The number of ketones is 1. The molecule has 110 valence electrons. The number of hydrogen-bond donors (Lipinski definition) is 1.